The van der Waals surface area contributed by atoms with Gasteiger partial charge in [-0.05, 0) is 32.4 Å². The molecule has 0 bridgehead atoms. The Kier molecular flexibility index (Phi) is 4.93. The summed E-state index contributed by atoms with van der Waals surface area (Å²) in [5.74, 6) is 1.67. The van der Waals surface area contributed by atoms with Crippen LogP contribution in [0, 0.1) is 0 Å². The van der Waals surface area contributed by atoms with E-state index in [1.165, 1.54) is 0 Å². The monoisotopic (exact) mass is 271 g/mol. The minimum atomic E-state index is 0.157. The van der Waals surface area contributed by atoms with Gasteiger partial charge in [-0.1, -0.05) is 19.1 Å². The first-order valence-corrected chi connectivity index (χ1v) is 7.02. The van der Waals surface area contributed by atoms with E-state index in [4.69, 9.17) is 4.74 Å². The Hall–Kier alpha value is -2.10. The van der Waals surface area contributed by atoms with Crippen LogP contribution in [0.3, 0.4) is 0 Å². The van der Waals surface area contributed by atoms with Crippen LogP contribution in [0.1, 0.15) is 27.2 Å². The van der Waals surface area contributed by atoms with Crippen LogP contribution < -0.4 is 10.1 Å². The molecule has 0 saturated carbocycles. The molecule has 20 heavy (non-hydrogen) atoms. The average Bonchev–Trinajstić information content (AvgIpc) is 2.45. The second-order valence-electron chi connectivity index (χ2n) is 4.87. The maximum atomic E-state index is 5.73. The summed E-state index contributed by atoms with van der Waals surface area (Å²) >= 11 is 0. The van der Waals surface area contributed by atoms with E-state index < -0.39 is 0 Å². The summed E-state index contributed by atoms with van der Waals surface area (Å²) < 4.78 is 5.73. The highest BCUT2D eigenvalue weighted by atomic mass is 16.5. The third kappa shape index (κ3) is 3.70. The smallest absolute Gasteiger partial charge is 0.152 e. The molecule has 1 aromatic carbocycles. The highest BCUT2D eigenvalue weighted by molar-refractivity contribution is 5.72. The molecule has 4 heteroatoms. The molecule has 0 radical (unpaired) electrons. The molecule has 1 heterocycles. The molecule has 0 unspecified atom stereocenters. The van der Waals surface area contributed by atoms with Gasteiger partial charge in [0.15, 0.2) is 5.82 Å². The highest BCUT2D eigenvalue weighted by Gasteiger charge is 2.08. The van der Waals surface area contributed by atoms with Gasteiger partial charge in [0.25, 0.3) is 0 Å². The van der Waals surface area contributed by atoms with Crippen LogP contribution in [0.15, 0.2) is 36.7 Å². The molecule has 106 valence electrons. The fourth-order valence-corrected chi connectivity index (χ4v) is 1.91. The van der Waals surface area contributed by atoms with Crippen molar-refractivity contribution in [3.63, 3.8) is 0 Å². The van der Waals surface area contributed by atoms with Crippen molar-refractivity contribution in [1.82, 2.24) is 9.97 Å². The fourth-order valence-electron chi connectivity index (χ4n) is 1.91. The van der Waals surface area contributed by atoms with E-state index in [1.54, 1.807) is 12.4 Å². The van der Waals surface area contributed by atoms with Gasteiger partial charge in [-0.3, -0.25) is 4.98 Å². The standard InChI is InChI=1S/C16H21N3O/c1-4-8-18-16-15(17-9-10-19-16)13-6-5-7-14(11-13)20-12(2)3/h5-7,9-12H,4,8H2,1-3H3,(H,18,19). The van der Waals surface area contributed by atoms with Crippen LogP contribution in [-0.4, -0.2) is 22.6 Å². The predicted molar refractivity (Wildman–Crippen MR) is 82.0 cm³/mol. The zero-order valence-corrected chi connectivity index (χ0v) is 12.3. The quantitative estimate of drug-likeness (QED) is 0.869. The van der Waals surface area contributed by atoms with Crippen molar-refractivity contribution in [2.24, 2.45) is 0 Å². The first-order valence-electron chi connectivity index (χ1n) is 7.02. The summed E-state index contributed by atoms with van der Waals surface area (Å²) in [5.41, 5.74) is 1.87. The Balaban J connectivity index is 2.31. The van der Waals surface area contributed by atoms with E-state index in [2.05, 4.69) is 22.2 Å². The Labute approximate surface area is 120 Å². The lowest BCUT2D eigenvalue weighted by atomic mass is 10.1. The van der Waals surface area contributed by atoms with Crippen LogP contribution in [-0.2, 0) is 0 Å². The van der Waals surface area contributed by atoms with Crippen LogP contribution in [0.25, 0.3) is 11.3 Å². The summed E-state index contributed by atoms with van der Waals surface area (Å²) in [4.78, 5) is 8.81. The first kappa shape index (κ1) is 14.3. The maximum absolute atomic E-state index is 5.73. The molecule has 2 aromatic rings. The number of anilines is 1. The van der Waals surface area contributed by atoms with Gasteiger partial charge in [-0.15, -0.1) is 0 Å². The Morgan fingerprint density at radius 2 is 2.00 bits per heavy atom. The van der Waals surface area contributed by atoms with Gasteiger partial charge in [0.2, 0.25) is 0 Å². The SMILES string of the molecule is CCCNc1nccnc1-c1cccc(OC(C)C)c1. The van der Waals surface area contributed by atoms with Gasteiger partial charge >= 0.3 is 0 Å². The Morgan fingerprint density at radius 3 is 2.75 bits per heavy atom. The van der Waals surface area contributed by atoms with E-state index in [0.29, 0.717) is 0 Å². The number of nitrogens with one attached hydrogen (secondary N) is 1. The van der Waals surface area contributed by atoms with Crippen molar-refractivity contribution < 1.29 is 4.74 Å². The third-order valence-corrected chi connectivity index (χ3v) is 2.72. The second kappa shape index (κ2) is 6.89. The van der Waals surface area contributed by atoms with E-state index in [9.17, 15) is 0 Å². The summed E-state index contributed by atoms with van der Waals surface area (Å²) in [6, 6.07) is 7.96. The molecular formula is C16H21N3O. The van der Waals surface area contributed by atoms with Crippen LogP contribution >= 0.6 is 0 Å². The van der Waals surface area contributed by atoms with Crippen LogP contribution in [0.5, 0.6) is 5.75 Å². The number of ether oxygens (including phenoxy) is 1. The predicted octanol–water partition coefficient (Wildman–Crippen LogP) is 3.75. The molecule has 0 aliphatic carbocycles. The minimum Gasteiger partial charge on any atom is -0.491 e. The van der Waals surface area contributed by atoms with Crippen molar-refractivity contribution in [2.75, 3.05) is 11.9 Å². The number of hydrogen-bond acceptors (Lipinski definition) is 4. The molecule has 0 aliphatic rings. The molecule has 0 fully saturated rings. The summed E-state index contributed by atoms with van der Waals surface area (Å²) in [7, 11) is 0. The number of hydrogen-bond donors (Lipinski definition) is 1. The van der Waals surface area contributed by atoms with E-state index in [0.717, 1.165) is 35.8 Å². The summed E-state index contributed by atoms with van der Waals surface area (Å²) in [6.45, 7) is 7.04. The van der Waals surface area contributed by atoms with Gasteiger partial charge in [0.1, 0.15) is 11.4 Å². The van der Waals surface area contributed by atoms with Crippen molar-refractivity contribution in [3.8, 4) is 17.0 Å². The minimum absolute atomic E-state index is 0.157. The van der Waals surface area contributed by atoms with Crippen LogP contribution in [0.4, 0.5) is 5.82 Å². The van der Waals surface area contributed by atoms with E-state index >= 15 is 0 Å². The molecule has 0 aliphatic heterocycles. The lowest BCUT2D eigenvalue weighted by Gasteiger charge is -2.12. The molecular weight excluding hydrogens is 250 g/mol. The van der Waals surface area contributed by atoms with Gasteiger partial charge in [0, 0.05) is 24.5 Å². The molecule has 2 rings (SSSR count). The normalized spacial score (nSPS) is 10.6. The zero-order chi connectivity index (χ0) is 14.4. The topological polar surface area (TPSA) is 47.0 Å². The number of benzene rings is 1. The fraction of sp³-hybridized carbons (Fsp3) is 0.375. The van der Waals surface area contributed by atoms with Crippen molar-refractivity contribution in [1.29, 1.82) is 0 Å². The van der Waals surface area contributed by atoms with E-state index in [1.807, 2.05) is 38.1 Å². The number of nitrogens with zero attached hydrogens (tertiary/aromatic N) is 2. The van der Waals surface area contributed by atoms with Crippen molar-refractivity contribution in [3.05, 3.63) is 36.7 Å². The molecule has 0 amide bonds. The lowest BCUT2D eigenvalue weighted by molar-refractivity contribution is 0.242. The molecule has 0 atom stereocenters. The second-order valence-corrected chi connectivity index (χ2v) is 4.87. The van der Waals surface area contributed by atoms with Gasteiger partial charge in [-0.2, -0.15) is 0 Å². The Bertz CT molecular complexity index is 555. The number of aromatic nitrogens is 2. The molecule has 1 N–H and O–H groups in total. The Morgan fingerprint density at radius 1 is 1.20 bits per heavy atom. The van der Waals surface area contributed by atoms with Crippen molar-refractivity contribution in [2.45, 2.75) is 33.3 Å². The maximum Gasteiger partial charge on any atom is 0.152 e. The third-order valence-electron chi connectivity index (χ3n) is 2.72. The highest BCUT2D eigenvalue weighted by Crippen LogP contribution is 2.27. The largest absolute Gasteiger partial charge is 0.491 e. The van der Waals surface area contributed by atoms with Crippen LogP contribution in [0.2, 0.25) is 0 Å². The summed E-state index contributed by atoms with van der Waals surface area (Å²) in [5, 5.41) is 3.31. The number of rotatable bonds is 6. The zero-order valence-electron chi connectivity index (χ0n) is 12.3. The lowest BCUT2D eigenvalue weighted by Crippen LogP contribution is -2.06. The summed E-state index contributed by atoms with van der Waals surface area (Å²) in [6.07, 6.45) is 4.62. The van der Waals surface area contributed by atoms with E-state index in [-0.39, 0.29) is 6.10 Å². The average molecular weight is 271 g/mol. The van der Waals surface area contributed by atoms with Gasteiger partial charge < -0.3 is 10.1 Å². The molecule has 1 aromatic heterocycles. The van der Waals surface area contributed by atoms with Crippen molar-refractivity contribution >= 4 is 5.82 Å². The van der Waals surface area contributed by atoms with Gasteiger partial charge in [-0.25, -0.2) is 4.98 Å². The van der Waals surface area contributed by atoms with Gasteiger partial charge in [0.05, 0.1) is 6.10 Å². The molecule has 4 nitrogen and oxygen atoms in total. The molecule has 0 spiro atoms. The molecule has 0 saturated heterocycles. The first-order chi connectivity index (χ1) is 9.70.